The van der Waals surface area contributed by atoms with Crippen molar-refractivity contribution in [1.82, 2.24) is 0 Å². The maximum absolute atomic E-state index is 11.2. The monoisotopic (exact) mass is 220 g/mol. The van der Waals surface area contributed by atoms with Crippen molar-refractivity contribution in [2.45, 2.75) is 25.4 Å². The lowest BCUT2D eigenvalue weighted by molar-refractivity contribution is -0.116. The number of fused-ring (bicyclic) bond motifs is 1. The van der Waals surface area contributed by atoms with Crippen LogP contribution in [0.25, 0.3) is 0 Å². The molecule has 0 aromatic heterocycles. The molecule has 1 aliphatic heterocycles. The Morgan fingerprint density at radius 1 is 1.50 bits per heavy atom. The van der Waals surface area contributed by atoms with Gasteiger partial charge in [0, 0.05) is 18.7 Å². The van der Waals surface area contributed by atoms with Crippen LogP contribution in [-0.4, -0.2) is 17.6 Å². The lowest BCUT2D eigenvalue weighted by Gasteiger charge is -2.24. The minimum Gasteiger partial charge on any atom is -0.384 e. The summed E-state index contributed by atoms with van der Waals surface area (Å²) >= 11 is 0. The smallest absolute Gasteiger partial charge is 0.224 e. The molecule has 1 unspecified atom stereocenters. The highest BCUT2D eigenvalue weighted by Gasteiger charge is 2.23. The molecular formula is C12H16N2O2. The summed E-state index contributed by atoms with van der Waals surface area (Å²) in [4.78, 5) is 11.2. The summed E-state index contributed by atoms with van der Waals surface area (Å²) in [5, 5.41) is 12.8. The van der Waals surface area contributed by atoms with Gasteiger partial charge in [-0.1, -0.05) is 12.1 Å². The van der Waals surface area contributed by atoms with Crippen LogP contribution >= 0.6 is 0 Å². The van der Waals surface area contributed by atoms with E-state index in [2.05, 4.69) is 5.32 Å². The summed E-state index contributed by atoms with van der Waals surface area (Å²) in [6.45, 7) is 1.87. The molecule has 2 rings (SSSR count). The zero-order valence-corrected chi connectivity index (χ0v) is 9.29. The van der Waals surface area contributed by atoms with Crippen LogP contribution in [0.15, 0.2) is 18.2 Å². The van der Waals surface area contributed by atoms with Crippen molar-refractivity contribution in [2.75, 3.05) is 11.9 Å². The molecule has 86 valence electrons. The van der Waals surface area contributed by atoms with Gasteiger partial charge in [0.2, 0.25) is 5.91 Å². The largest absolute Gasteiger partial charge is 0.384 e. The van der Waals surface area contributed by atoms with Gasteiger partial charge in [0.05, 0.1) is 5.60 Å². The zero-order chi connectivity index (χ0) is 11.8. The lowest BCUT2D eigenvalue weighted by Crippen LogP contribution is -2.31. The molecular weight excluding hydrogens is 204 g/mol. The Morgan fingerprint density at radius 2 is 2.25 bits per heavy atom. The number of hydrogen-bond acceptors (Lipinski definition) is 3. The molecule has 4 N–H and O–H groups in total. The second-order valence-corrected chi connectivity index (χ2v) is 4.40. The highest BCUT2D eigenvalue weighted by Crippen LogP contribution is 2.28. The number of anilines is 1. The van der Waals surface area contributed by atoms with Crippen LogP contribution in [0.2, 0.25) is 0 Å². The molecule has 4 heteroatoms. The second kappa shape index (κ2) is 3.88. The number of aryl methyl sites for hydroxylation is 1. The molecule has 0 aliphatic carbocycles. The van der Waals surface area contributed by atoms with Gasteiger partial charge in [-0.25, -0.2) is 0 Å². The average molecular weight is 220 g/mol. The fourth-order valence-corrected chi connectivity index (χ4v) is 1.84. The van der Waals surface area contributed by atoms with Crippen LogP contribution in [0.1, 0.15) is 24.5 Å². The molecule has 0 spiro atoms. The summed E-state index contributed by atoms with van der Waals surface area (Å²) in [6.07, 6.45) is 1.22. The third kappa shape index (κ3) is 1.94. The van der Waals surface area contributed by atoms with E-state index in [1.165, 1.54) is 0 Å². The molecule has 0 fully saturated rings. The maximum Gasteiger partial charge on any atom is 0.224 e. The number of nitrogens with one attached hydrogen (secondary N) is 1. The Labute approximate surface area is 94.5 Å². The van der Waals surface area contributed by atoms with Gasteiger partial charge in [0.15, 0.2) is 0 Å². The van der Waals surface area contributed by atoms with Crippen LogP contribution in [0.4, 0.5) is 5.69 Å². The van der Waals surface area contributed by atoms with Gasteiger partial charge >= 0.3 is 0 Å². The van der Waals surface area contributed by atoms with E-state index >= 15 is 0 Å². The maximum atomic E-state index is 11.2. The predicted octanol–water partition coefficient (Wildman–Crippen LogP) is 0.737. The van der Waals surface area contributed by atoms with E-state index in [0.717, 1.165) is 23.2 Å². The number of nitrogens with two attached hydrogens (primary N) is 1. The van der Waals surface area contributed by atoms with Crippen molar-refractivity contribution >= 4 is 11.6 Å². The van der Waals surface area contributed by atoms with Crippen molar-refractivity contribution in [3.05, 3.63) is 29.3 Å². The van der Waals surface area contributed by atoms with Gasteiger partial charge in [-0.05, 0) is 30.5 Å². The van der Waals surface area contributed by atoms with E-state index < -0.39 is 5.60 Å². The van der Waals surface area contributed by atoms with Crippen molar-refractivity contribution in [1.29, 1.82) is 0 Å². The van der Waals surface area contributed by atoms with E-state index in [4.69, 9.17) is 5.73 Å². The third-order valence-corrected chi connectivity index (χ3v) is 3.02. The molecule has 1 aliphatic rings. The molecule has 1 heterocycles. The van der Waals surface area contributed by atoms with Crippen LogP contribution in [0.3, 0.4) is 0 Å². The van der Waals surface area contributed by atoms with E-state index in [1.54, 1.807) is 13.0 Å². The standard InChI is InChI=1S/C12H16N2O2/c1-12(16,7-13)9-3-4-10-8(6-9)2-5-11(15)14-10/h3-4,6,16H,2,5,7,13H2,1H3,(H,14,15). The van der Waals surface area contributed by atoms with Crippen molar-refractivity contribution in [3.8, 4) is 0 Å². The van der Waals surface area contributed by atoms with Gasteiger partial charge < -0.3 is 16.2 Å². The van der Waals surface area contributed by atoms with Crippen molar-refractivity contribution in [3.63, 3.8) is 0 Å². The van der Waals surface area contributed by atoms with E-state index in [0.29, 0.717) is 6.42 Å². The first kappa shape index (κ1) is 11.1. The quantitative estimate of drug-likeness (QED) is 0.688. The normalized spacial score (nSPS) is 18.6. The van der Waals surface area contributed by atoms with Crippen molar-refractivity contribution < 1.29 is 9.90 Å². The Bertz CT molecular complexity index is 427. The van der Waals surface area contributed by atoms with Gasteiger partial charge in [-0.3, -0.25) is 4.79 Å². The van der Waals surface area contributed by atoms with Gasteiger partial charge in [0.25, 0.3) is 0 Å². The molecule has 1 aromatic rings. The van der Waals surface area contributed by atoms with Crippen LogP contribution in [0.5, 0.6) is 0 Å². The summed E-state index contributed by atoms with van der Waals surface area (Å²) < 4.78 is 0. The zero-order valence-electron chi connectivity index (χ0n) is 9.29. The minimum atomic E-state index is -1.00. The summed E-state index contributed by atoms with van der Waals surface area (Å²) in [5.74, 6) is 0.0471. The molecule has 0 bridgehead atoms. The number of carbonyl (C=O) groups excluding carboxylic acids is 1. The highest BCUT2D eigenvalue weighted by molar-refractivity contribution is 5.93. The molecule has 1 aromatic carbocycles. The summed E-state index contributed by atoms with van der Waals surface area (Å²) in [7, 11) is 0. The molecule has 1 amide bonds. The van der Waals surface area contributed by atoms with Crippen LogP contribution < -0.4 is 11.1 Å². The molecule has 0 saturated carbocycles. The molecule has 0 radical (unpaired) electrons. The first-order chi connectivity index (χ1) is 7.53. The van der Waals surface area contributed by atoms with Gasteiger partial charge in [0.1, 0.15) is 0 Å². The minimum absolute atomic E-state index is 0.0471. The topological polar surface area (TPSA) is 75.3 Å². The predicted molar refractivity (Wildman–Crippen MR) is 62.0 cm³/mol. The van der Waals surface area contributed by atoms with E-state index in [-0.39, 0.29) is 12.5 Å². The summed E-state index contributed by atoms with van der Waals surface area (Å²) in [6, 6.07) is 5.55. The molecule has 4 nitrogen and oxygen atoms in total. The van der Waals surface area contributed by atoms with E-state index in [9.17, 15) is 9.90 Å². The summed E-state index contributed by atoms with van der Waals surface area (Å²) in [5.41, 5.74) is 7.21. The van der Waals surface area contributed by atoms with Crippen LogP contribution in [-0.2, 0) is 16.8 Å². The third-order valence-electron chi connectivity index (χ3n) is 3.02. The average Bonchev–Trinajstić information content (AvgIpc) is 2.28. The number of carbonyl (C=O) groups is 1. The lowest BCUT2D eigenvalue weighted by atomic mass is 9.91. The highest BCUT2D eigenvalue weighted by atomic mass is 16.3. The number of aliphatic hydroxyl groups is 1. The van der Waals surface area contributed by atoms with Gasteiger partial charge in [-0.2, -0.15) is 0 Å². The Kier molecular flexibility index (Phi) is 2.69. The Hall–Kier alpha value is -1.39. The van der Waals surface area contributed by atoms with Gasteiger partial charge in [-0.15, -0.1) is 0 Å². The fraction of sp³-hybridized carbons (Fsp3) is 0.417. The SMILES string of the molecule is CC(O)(CN)c1ccc2c(c1)CCC(=O)N2. The fourth-order valence-electron chi connectivity index (χ4n) is 1.84. The van der Waals surface area contributed by atoms with Crippen molar-refractivity contribution in [2.24, 2.45) is 5.73 Å². The Balaban J connectivity index is 2.36. The van der Waals surface area contributed by atoms with E-state index in [1.807, 2.05) is 12.1 Å². The molecule has 0 saturated heterocycles. The number of amides is 1. The van der Waals surface area contributed by atoms with Crippen LogP contribution in [0, 0.1) is 0 Å². The number of rotatable bonds is 2. The number of benzene rings is 1. The molecule has 1 atom stereocenters. The Morgan fingerprint density at radius 3 is 2.94 bits per heavy atom. The first-order valence-electron chi connectivity index (χ1n) is 5.38. The number of hydrogen-bond donors (Lipinski definition) is 3. The first-order valence-corrected chi connectivity index (χ1v) is 5.38. The molecule has 16 heavy (non-hydrogen) atoms. The second-order valence-electron chi connectivity index (χ2n) is 4.40.